The Kier molecular flexibility index (Phi) is 9.01. The van der Waals surface area contributed by atoms with Gasteiger partial charge in [-0.05, 0) is 13.8 Å². The van der Waals surface area contributed by atoms with Crippen LogP contribution in [0.25, 0.3) is 0 Å². The lowest BCUT2D eigenvalue weighted by molar-refractivity contribution is -0.141. The first-order chi connectivity index (χ1) is 10.4. The van der Waals surface area contributed by atoms with E-state index in [9.17, 15) is 13.2 Å². The number of halogens is 3. The predicted octanol–water partition coefficient (Wildman–Crippen LogP) is 3.73. The smallest absolute Gasteiger partial charge is 0.352 e. The van der Waals surface area contributed by atoms with Crippen molar-refractivity contribution in [1.29, 1.82) is 0 Å². The van der Waals surface area contributed by atoms with Crippen LogP contribution in [0.15, 0.2) is 12.4 Å². The van der Waals surface area contributed by atoms with E-state index < -0.39 is 11.9 Å². The number of aromatic nitrogens is 2. The van der Waals surface area contributed by atoms with E-state index in [1.807, 2.05) is 46.4 Å². The summed E-state index contributed by atoms with van der Waals surface area (Å²) in [5.74, 6) is 0.489. The SMILES string of the molecule is CC.CC.C[C@@H]1CN(c2cnc(C(F)(F)F)cn2)C[C@H](C)N1. The average molecular weight is 320 g/mol. The summed E-state index contributed by atoms with van der Waals surface area (Å²) in [6, 6.07) is 0.552. The zero-order valence-electron chi connectivity index (χ0n) is 14.2. The van der Waals surface area contributed by atoms with Gasteiger partial charge in [0.1, 0.15) is 5.82 Å². The molecule has 0 aliphatic carbocycles. The molecule has 2 atom stereocenters. The van der Waals surface area contributed by atoms with Gasteiger partial charge in [-0.3, -0.25) is 0 Å². The Hall–Kier alpha value is -1.37. The number of nitrogens with one attached hydrogen (secondary N) is 1. The van der Waals surface area contributed by atoms with Gasteiger partial charge in [-0.2, -0.15) is 13.2 Å². The van der Waals surface area contributed by atoms with Crippen molar-refractivity contribution in [3.8, 4) is 0 Å². The Balaban J connectivity index is 0.00000102. The number of alkyl halides is 3. The standard InChI is InChI=1S/C11H15F3N4.2C2H6/c1-7-5-18(6-8(2)17-7)10-4-15-9(3-16-10)11(12,13)14;2*1-2/h3-4,7-8,17H,5-6H2,1-2H3;2*1-2H3/t7-,8+;;. The number of rotatable bonds is 1. The lowest BCUT2D eigenvalue weighted by Gasteiger charge is -2.36. The first-order valence-electron chi connectivity index (χ1n) is 7.76. The van der Waals surface area contributed by atoms with E-state index in [1.165, 1.54) is 6.20 Å². The Labute approximate surface area is 131 Å². The maximum absolute atomic E-state index is 12.4. The molecule has 1 aliphatic rings. The van der Waals surface area contributed by atoms with Crippen LogP contribution in [-0.2, 0) is 6.18 Å². The normalized spacial score (nSPS) is 21.2. The lowest BCUT2D eigenvalue weighted by Crippen LogP contribution is -2.54. The second-order valence-corrected chi connectivity index (χ2v) is 4.63. The molecule has 1 saturated heterocycles. The minimum absolute atomic E-state index is 0.276. The third-order valence-electron chi connectivity index (χ3n) is 2.81. The van der Waals surface area contributed by atoms with Crippen LogP contribution >= 0.6 is 0 Å². The molecule has 1 aromatic heterocycles. The number of hydrogen-bond donors (Lipinski definition) is 1. The second kappa shape index (κ2) is 9.61. The molecule has 0 spiro atoms. The summed E-state index contributed by atoms with van der Waals surface area (Å²) < 4.78 is 37.1. The molecule has 0 radical (unpaired) electrons. The molecular formula is C15H27F3N4. The molecule has 0 saturated carbocycles. The minimum atomic E-state index is -4.43. The first kappa shape index (κ1) is 20.6. The molecule has 1 aromatic rings. The topological polar surface area (TPSA) is 41.1 Å². The van der Waals surface area contributed by atoms with Crippen LogP contribution in [0, 0.1) is 0 Å². The third-order valence-corrected chi connectivity index (χ3v) is 2.81. The number of piperazine rings is 1. The van der Waals surface area contributed by atoms with Crippen LogP contribution in [0.1, 0.15) is 47.2 Å². The van der Waals surface area contributed by atoms with E-state index in [-0.39, 0.29) is 12.1 Å². The van der Waals surface area contributed by atoms with Crippen LogP contribution in [-0.4, -0.2) is 35.1 Å². The highest BCUT2D eigenvalue weighted by Gasteiger charge is 2.33. The Morgan fingerprint density at radius 1 is 1.00 bits per heavy atom. The van der Waals surface area contributed by atoms with Gasteiger partial charge in [0.2, 0.25) is 0 Å². The summed E-state index contributed by atoms with van der Waals surface area (Å²) in [7, 11) is 0. The fraction of sp³-hybridized carbons (Fsp3) is 0.733. The summed E-state index contributed by atoms with van der Waals surface area (Å²) in [6.45, 7) is 13.5. The summed E-state index contributed by atoms with van der Waals surface area (Å²) in [6.07, 6.45) is -2.46. The van der Waals surface area contributed by atoms with Gasteiger partial charge in [-0.15, -0.1) is 0 Å². The van der Waals surface area contributed by atoms with Crippen molar-refractivity contribution in [1.82, 2.24) is 15.3 Å². The zero-order valence-corrected chi connectivity index (χ0v) is 14.2. The van der Waals surface area contributed by atoms with Crippen molar-refractivity contribution in [2.75, 3.05) is 18.0 Å². The van der Waals surface area contributed by atoms with Gasteiger partial charge in [0.25, 0.3) is 0 Å². The Morgan fingerprint density at radius 2 is 1.50 bits per heavy atom. The highest BCUT2D eigenvalue weighted by molar-refractivity contribution is 5.37. The monoisotopic (exact) mass is 320 g/mol. The molecule has 0 bridgehead atoms. The van der Waals surface area contributed by atoms with Gasteiger partial charge < -0.3 is 10.2 Å². The fourth-order valence-corrected chi connectivity index (χ4v) is 2.14. The molecule has 0 amide bonds. The first-order valence-corrected chi connectivity index (χ1v) is 7.76. The minimum Gasteiger partial charge on any atom is -0.352 e. The van der Waals surface area contributed by atoms with Crippen molar-refractivity contribution >= 4 is 5.82 Å². The van der Waals surface area contributed by atoms with Gasteiger partial charge >= 0.3 is 6.18 Å². The van der Waals surface area contributed by atoms with Crippen molar-refractivity contribution in [2.24, 2.45) is 0 Å². The number of nitrogens with zero attached hydrogens (tertiary/aromatic N) is 3. The quantitative estimate of drug-likeness (QED) is 0.856. The van der Waals surface area contributed by atoms with E-state index in [0.29, 0.717) is 18.9 Å². The Morgan fingerprint density at radius 3 is 1.86 bits per heavy atom. The molecule has 128 valence electrons. The van der Waals surface area contributed by atoms with Crippen LogP contribution < -0.4 is 10.2 Å². The van der Waals surface area contributed by atoms with Crippen molar-refractivity contribution in [2.45, 2.75) is 59.8 Å². The molecule has 0 aromatic carbocycles. The summed E-state index contributed by atoms with van der Waals surface area (Å²) in [4.78, 5) is 9.22. The van der Waals surface area contributed by atoms with Gasteiger partial charge in [-0.1, -0.05) is 27.7 Å². The van der Waals surface area contributed by atoms with Crippen LogP contribution in [0.2, 0.25) is 0 Å². The molecular weight excluding hydrogens is 293 g/mol. The van der Waals surface area contributed by atoms with Crippen molar-refractivity contribution in [3.63, 3.8) is 0 Å². The molecule has 2 rings (SSSR count). The van der Waals surface area contributed by atoms with Gasteiger partial charge in [0.15, 0.2) is 5.69 Å². The van der Waals surface area contributed by atoms with E-state index in [0.717, 1.165) is 6.20 Å². The molecule has 4 nitrogen and oxygen atoms in total. The molecule has 1 aliphatic heterocycles. The van der Waals surface area contributed by atoms with Gasteiger partial charge in [0.05, 0.1) is 12.4 Å². The second-order valence-electron chi connectivity index (χ2n) is 4.63. The van der Waals surface area contributed by atoms with Crippen LogP contribution in [0.3, 0.4) is 0 Å². The largest absolute Gasteiger partial charge is 0.434 e. The summed E-state index contributed by atoms with van der Waals surface area (Å²) in [5.41, 5.74) is -0.956. The van der Waals surface area contributed by atoms with Crippen LogP contribution in [0.4, 0.5) is 19.0 Å². The van der Waals surface area contributed by atoms with Crippen molar-refractivity contribution in [3.05, 3.63) is 18.1 Å². The molecule has 2 heterocycles. The number of hydrogen-bond acceptors (Lipinski definition) is 4. The summed E-state index contributed by atoms with van der Waals surface area (Å²) in [5, 5.41) is 3.34. The average Bonchev–Trinajstić information content (AvgIpc) is 2.50. The third kappa shape index (κ3) is 6.17. The molecule has 22 heavy (non-hydrogen) atoms. The van der Waals surface area contributed by atoms with Crippen molar-refractivity contribution < 1.29 is 13.2 Å². The maximum Gasteiger partial charge on any atom is 0.434 e. The van der Waals surface area contributed by atoms with E-state index >= 15 is 0 Å². The lowest BCUT2D eigenvalue weighted by atomic mass is 10.1. The molecule has 1 N–H and O–H groups in total. The highest BCUT2D eigenvalue weighted by atomic mass is 19.4. The zero-order chi connectivity index (χ0) is 17.3. The summed E-state index contributed by atoms with van der Waals surface area (Å²) >= 11 is 0. The fourth-order valence-electron chi connectivity index (χ4n) is 2.14. The van der Waals surface area contributed by atoms with Crippen LogP contribution in [0.5, 0.6) is 0 Å². The van der Waals surface area contributed by atoms with E-state index in [1.54, 1.807) is 0 Å². The predicted molar refractivity (Wildman–Crippen MR) is 84.0 cm³/mol. The highest BCUT2D eigenvalue weighted by Crippen LogP contribution is 2.27. The molecule has 0 unspecified atom stereocenters. The number of anilines is 1. The molecule has 7 heteroatoms. The Bertz CT molecular complexity index is 396. The maximum atomic E-state index is 12.4. The van der Waals surface area contributed by atoms with Gasteiger partial charge in [0, 0.05) is 25.2 Å². The van der Waals surface area contributed by atoms with E-state index in [2.05, 4.69) is 15.3 Å². The van der Waals surface area contributed by atoms with E-state index in [4.69, 9.17) is 0 Å². The van der Waals surface area contributed by atoms with Gasteiger partial charge in [-0.25, -0.2) is 9.97 Å². The molecule has 1 fully saturated rings.